The molecule has 1 aliphatic rings. The lowest BCUT2D eigenvalue weighted by molar-refractivity contribution is 0.0434. The molecule has 0 aliphatic carbocycles. The summed E-state index contributed by atoms with van der Waals surface area (Å²) in [6, 6.07) is 2.17. The van der Waals surface area contributed by atoms with Gasteiger partial charge in [-0.25, -0.2) is 18.7 Å². The summed E-state index contributed by atoms with van der Waals surface area (Å²) in [6.07, 6.45) is -8.03. The van der Waals surface area contributed by atoms with Crippen molar-refractivity contribution in [2.45, 2.75) is 38.2 Å². The third-order valence-corrected chi connectivity index (χ3v) is 3.86. The van der Waals surface area contributed by atoms with Crippen LogP contribution >= 0.6 is 11.6 Å². The van der Waals surface area contributed by atoms with E-state index in [2.05, 4.69) is 9.97 Å². The average Bonchev–Trinajstić information content (AvgIpc) is 2.82. The Labute approximate surface area is 185 Å². The number of nitrogens with zero attached hydrogens (tertiary/aromatic N) is 3. The summed E-state index contributed by atoms with van der Waals surface area (Å²) >= 11 is 5.65. The standard InChI is InChI=1S/C20H23ClF2N4O/c1-2-14-10-25-18(26-11-14)12-24-13-20(23)5-7-27(8-6-20)19(28)15-3-4-17(22)16(21)9-15/h3-4,9-11,24H,2,5-8,12-13H2,1H3/i2D2,5D2,6D2,7D2,8D2,12D2. The zero-order valence-corrected chi connectivity index (χ0v) is 15.2. The number of aromatic nitrogens is 2. The van der Waals surface area contributed by atoms with Crippen molar-refractivity contribution in [2.24, 2.45) is 0 Å². The number of hydrogen-bond acceptors (Lipinski definition) is 4. The van der Waals surface area contributed by atoms with E-state index in [4.69, 9.17) is 28.1 Å². The third-order valence-electron chi connectivity index (χ3n) is 3.57. The minimum atomic E-state index is -4.17. The van der Waals surface area contributed by atoms with Crippen LogP contribution < -0.4 is 5.32 Å². The lowest BCUT2D eigenvalue weighted by Crippen LogP contribution is -2.48. The number of carbonyl (C=O) groups excluding carboxylic acids is 1. The molecule has 0 radical (unpaired) electrons. The molecular formula is C20H23ClF2N4O. The van der Waals surface area contributed by atoms with Gasteiger partial charge in [-0.1, -0.05) is 18.5 Å². The van der Waals surface area contributed by atoms with Crippen molar-refractivity contribution in [1.29, 1.82) is 0 Å². The number of piperidine rings is 1. The van der Waals surface area contributed by atoms with Gasteiger partial charge in [0.15, 0.2) is 0 Å². The number of hydrogen-bond donors (Lipinski definition) is 1. The van der Waals surface area contributed by atoms with E-state index in [9.17, 15) is 9.18 Å². The van der Waals surface area contributed by atoms with Crippen LogP contribution in [0.5, 0.6) is 0 Å². The average molecular weight is 421 g/mol. The Kier molecular flexibility index (Phi) is 3.21. The molecule has 0 bridgehead atoms. The zero-order valence-electron chi connectivity index (χ0n) is 26.5. The molecule has 28 heavy (non-hydrogen) atoms. The Hall–Kier alpha value is -2.12. The van der Waals surface area contributed by atoms with E-state index in [0.29, 0.717) is 12.1 Å². The van der Waals surface area contributed by atoms with Gasteiger partial charge >= 0.3 is 0 Å². The van der Waals surface area contributed by atoms with Crippen molar-refractivity contribution in [1.82, 2.24) is 20.2 Å². The van der Waals surface area contributed by atoms with Gasteiger partial charge < -0.3 is 10.2 Å². The van der Waals surface area contributed by atoms with Crippen LogP contribution in [0.25, 0.3) is 0 Å². The predicted molar refractivity (Wildman–Crippen MR) is 104 cm³/mol. The number of halogens is 3. The van der Waals surface area contributed by atoms with Gasteiger partial charge in [0.1, 0.15) is 17.3 Å². The van der Waals surface area contributed by atoms with Crippen molar-refractivity contribution in [3.05, 3.63) is 58.4 Å². The molecule has 1 fully saturated rings. The Morgan fingerprint density at radius 3 is 2.68 bits per heavy atom. The molecule has 0 atom stereocenters. The molecule has 1 aromatic carbocycles. The van der Waals surface area contributed by atoms with Crippen LogP contribution in [0, 0.1) is 5.82 Å². The Bertz CT molecular complexity index is 1280. The maximum absolute atomic E-state index is 16.6. The van der Waals surface area contributed by atoms with Gasteiger partial charge in [0.05, 0.1) is 14.3 Å². The van der Waals surface area contributed by atoms with Gasteiger partial charge in [-0.15, -0.1) is 0 Å². The van der Waals surface area contributed by atoms with Crippen molar-refractivity contribution in [3.8, 4) is 0 Å². The number of benzene rings is 1. The van der Waals surface area contributed by atoms with Gasteiger partial charge in [0.25, 0.3) is 5.91 Å². The number of alkyl halides is 1. The molecule has 5 nitrogen and oxygen atoms in total. The van der Waals surface area contributed by atoms with Crippen molar-refractivity contribution in [2.75, 3.05) is 19.5 Å². The highest BCUT2D eigenvalue weighted by molar-refractivity contribution is 6.31. The summed E-state index contributed by atoms with van der Waals surface area (Å²) in [5, 5.41) is 1.26. The molecule has 1 amide bonds. The van der Waals surface area contributed by atoms with Crippen LogP contribution in [0.3, 0.4) is 0 Å². The molecule has 1 N–H and O–H groups in total. The lowest BCUT2D eigenvalue weighted by atomic mass is 9.92. The number of amides is 1. The Balaban J connectivity index is 2.04. The second-order valence-corrected chi connectivity index (χ2v) is 5.98. The number of likely N-dealkylation sites (tertiary alicyclic amines) is 1. The normalized spacial score (nSPS) is 30.8. The highest BCUT2D eigenvalue weighted by atomic mass is 35.5. The van der Waals surface area contributed by atoms with Gasteiger partial charge in [-0.3, -0.25) is 4.79 Å². The Morgan fingerprint density at radius 2 is 2.07 bits per heavy atom. The largest absolute Gasteiger partial charge is 0.338 e. The molecule has 0 spiro atoms. The van der Waals surface area contributed by atoms with Crippen LogP contribution in [0.4, 0.5) is 8.78 Å². The number of carbonyl (C=O) groups is 1. The topological polar surface area (TPSA) is 58.1 Å². The second-order valence-electron chi connectivity index (χ2n) is 5.57. The molecule has 8 heteroatoms. The fourth-order valence-electron chi connectivity index (χ4n) is 2.06. The van der Waals surface area contributed by atoms with E-state index < -0.39 is 83.9 Å². The Morgan fingerprint density at radius 1 is 1.39 bits per heavy atom. The summed E-state index contributed by atoms with van der Waals surface area (Å²) in [5.41, 5.74) is -4.83. The van der Waals surface area contributed by atoms with E-state index in [1.807, 2.05) is 5.32 Å². The van der Waals surface area contributed by atoms with Crippen LogP contribution in [0.1, 0.15) is 57.9 Å². The van der Waals surface area contributed by atoms with E-state index in [0.717, 1.165) is 18.5 Å². The molecule has 2 heterocycles. The zero-order chi connectivity index (χ0) is 30.9. The fraction of sp³-hybridized carbons (Fsp3) is 0.450. The molecule has 1 aliphatic heterocycles. The first-order chi connectivity index (χ1) is 17.9. The van der Waals surface area contributed by atoms with Crippen molar-refractivity contribution < 1.29 is 30.0 Å². The monoisotopic (exact) mass is 420 g/mol. The smallest absolute Gasteiger partial charge is 0.253 e. The summed E-state index contributed by atoms with van der Waals surface area (Å²) < 4.78 is 128. The first-order valence-electron chi connectivity index (χ1n) is 13.9. The minimum Gasteiger partial charge on any atom is -0.338 e. The molecule has 3 rings (SSSR count). The first kappa shape index (κ1) is 10.1. The van der Waals surface area contributed by atoms with Crippen LogP contribution in [0.15, 0.2) is 30.6 Å². The van der Waals surface area contributed by atoms with Crippen LogP contribution in [0.2, 0.25) is 5.02 Å². The minimum absolute atomic E-state index is 0.0254. The SMILES string of the molecule is [2H]C([2H])(C)c1cnc(C([2H])([2H])NCC2(F)C([2H])([2H])C([2H])([2H])N(C(=O)c3ccc(F)c(Cl)c3)C([2H])([2H])C2([2H])[2H])nc1. The third kappa shape index (κ3) is 5.02. The van der Waals surface area contributed by atoms with Gasteiger partial charge in [-0.2, -0.15) is 0 Å². The number of nitrogens with one attached hydrogen (secondary N) is 1. The van der Waals surface area contributed by atoms with Gasteiger partial charge in [0, 0.05) is 63.9 Å². The maximum atomic E-state index is 16.6. The molecule has 1 aromatic heterocycles. The number of rotatable bonds is 6. The second kappa shape index (κ2) is 8.92. The van der Waals surface area contributed by atoms with E-state index in [-0.39, 0.29) is 5.56 Å². The van der Waals surface area contributed by atoms with Crippen LogP contribution in [-0.2, 0) is 12.9 Å². The quantitative estimate of drug-likeness (QED) is 0.776. The van der Waals surface area contributed by atoms with E-state index in [1.165, 1.54) is 6.92 Å². The van der Waals surface area contributed by atoms with Crippen LogP contribution in [-0.4, -0.2) is 46.0 Å². The molecular weight excluding hydrogens is 386 g/mol. The van der Waals surface area contributed by atoms with Gasteiger partial charge in [0.2, 0.25) is 0 Å². The predicted octanol–water partition coefficient (Wildman–Crippen LogP) is 3.57. The van der Waals surface area contributed by atoms with Crippen molar-refractivity contribution in [3.63, 3.8) is 0 Å². The first-order valence-corrected chi connectivity index (χ1v) is 8.31. The summed E-state index contributed by atoms with van der Waals surface area (Å²) in [5.74, 6) is -3.32. The lowest BCUT2D eigenvalue weighted by Gasteiger charge is -2.36. The molecule has 1 saturated heterocycles. The van der Waals surface area contributed by atoms with E-state index >= 15 is 4.39 Å². The molecule has 0 saturated carbocycles. The highest BCUT2D eigenvalue weighted by Crippen LogP contribution is 2.27. The summed E-state index contributed by atoms with van der Waals surface area (Å²) in [4.78, 5) is 20.1. The molecule has 2 aromatic rings. The fourth-order valence-corrected chi connectivity index (χ4v) is 2.24. The highest BCUT2D eigenvalue weighted by Gasteiger charge is 2.36. The molecule has 150 valence electrons. The van der Waals surface area contributed by atoms with Gasteiger partial charge in [-0.05, 0) is 30.1 Å². The van der Waals surface area contributed by atoms with E-state index in [1.54, 1.807) is 0 Å². The van der Waals surface area contributed by atoms with Crippen molar-refractivity contribution >= 4 is 17.5 Å². The summed E-state index contributed by atoms with van der Waals surface area (Å²) in [7, 11) is 0. The summed E-state index contributed by atoms with van der Waals surface area (Å²) in [6.45, 7) is -11.2. The molecule has 0 unspecified atom stereocenters. The maximum Gasteiger partial charge on any atom is 0.253 e. The number of aryl methyl sites for hydroxylation is 1.